The highest BCUT2D eigenvalue weighted by atomic mass is 32.1. The van der Waals surface area contributed by atoms with E-state index in [0.717, 1.165) is 5.69 Å². The second-order valence-corrected chi connectivity index (χ2v) is 5.03. The number of thiazole rings is 1. The third-order valence-corrected chi connectivity index (χ3v) is 3.27. The van der Waals surface area contributed by atoms with Crippen LogP contribution in [0.5, 0.6) is 0 Å². The number of carboxylic acids is 2. The van der Waals surface area contributed by atoms with Crippen LogP contribution in [-0.2, 0) is 16.0 Å². The normalized spacial score (nSPS) is 11.6. The van der Waals surface area contributed by atoms with Crippen LogP contribution < -0.4 is 10.6 Å². The maximum atomic E-state index is 11.6. The summed E-state index contributed by atoms with van der Waals surface area (Å²) in [7, 11) is 0. The minimum absolute atomic E-state index is 0.0706. The summed E-state index contributed by atoms with van der Waals surface area (Å²) < 4.78 is 0. The molecular formula is C12H17N3O5S. The highest BCUT2D eigenvalue weighted by Crippen LogP contribution is 2.02. The smallest absolute Gasteiger partial charge is 0.326 e. The molecule has 1 aromatic heterocycles. The lowest BCUT2D eigenvalue weighted by Crippen LogP contribution is -2.46. The van der Waals surface area contributed by atoms with Crippen molar-refractivity contribution in [2.24, 2.45) is 0 Å². The van der Waals surface area contributed by atoms with E-state index < -0.39 is 24.0 Å². The number of carboxylic acid groups (broad SMARTS) is 2. The van der Waals surface area contributed by atoms with Crippen molar-refractivity contribution in [2.75, 3.05) is 6.54 Å². The molecule has 0 radical (unpaired) electrons. The Labute approximate surface area is 125 Å². The predicted molar refractivity (Wildman–Crippen MR) is 75.3 cm³/mol. The fourth-order valence-electron chi connectivity index (χ4n) is 1.59. The van der Waals surface area contributed by atoms with Gasteiger partial charge in [0.15, 0.2) is 0 Å². The van der Waals surface area contributed by atoms with Crippen molar-refractivity contribution in [2.45, 2.75) is 31.7 Å². The van der Waals surface area contributed by atoms with Gasteiger partial charge in [0.05, 0.1) is 11.2 Å². The number of aromatic nitrogens is 1. The van der Waals surface area contributed by atoms with Crippen molar-refractivity contribution < 1.29 is 24.6 Å². The van der Waals surface area contributed by atoms with Crippen LogP contribution in [0, 0.1) is 0 Å². The Morgan fingerprint density at radius 3 is 2.67 bits per heavy atom. The van der Waals surface area contributed by atoms with Gasteiger partial charge in [-0.15, -0.1) is 11.3 Å². The monoisotopic (exact) mass is 315 g/mol. The second kappa shape index (κ2) is 8.90. The molecule has 21 heavy (non-hydrogen) atoms. The number of hydrogen-bond acceptors (Lipinski definition) is 5. The standard InChI is InChI=1S/C12H17N3O5S/c16-10(17)3-1-2-9(11(18)19)15-12(20)13-5-4-8-6-21-7-14-8/h6-7,9H,1-5H2,(H,16,17)(H,18,19)(H2,13,15,20)/t9-/m1/s1. The molecule has 0 spiro atoms. The molecule has 0 saturated heterocycles. The molecule has 1 atom stereocenters. The highest BCUT2D eigenvalue weighted by molar-refractivity contribution is 7.07. The number of amides is 2. The van der Waals surface area contributed by atoms with Crippen LogP contribution in [0.15, 0.2) is 10.9 Å². The summed E-state index contributed by atoms with van der Waals surface area (Å²) >= 11 is 1.46. The number of hydrogen-bond donors (Lipinski definition) is 4. The average molecular weight is 315 g/mol. The zero-order chi connectivity index (χ0) is 15.7. The Bertz CT molecular complexity index is 477. The molecule has 1 aromatic rings. The molecule has 1 heterocycles. The molecule has 8 nitrogen and oxygen atoms in total. The quantitative estimate of drug-likeness (QED) is 0.531. The number of rotatable bonds is 9. The summed E-state index contributed by atoms with van der Waals surface area (Å²) in [6.07, 6.45) is 0.692. The Morgan fingerprint density at radius 2 is 2.10 bits per heavy atom. The molecular weight excluding hydrogens is 298 g/mol. The van der Waals surface area contributed by atoms with E-state index in [2.05, 4.69) is 15.6 Å². The highest BCUT2D eigenvalue weighted by Gasteiger charge is 2.19. The van der Waals surface area contributed by atoms with E-state index in [0.29, 0.717) is 13.0 Å². The molecule has 0 aliphatic carbocycles. The zero-order valence-corrected chi connectivity index (χ0v) is 12.1. The maximum absolute atomic E-state index is 11.6. The number of urea groups is 1. The van der Waals surface area contributed by atoms with E-state index in [1.165, 1.54) is 11.3 Å². The van der Waals surface area contributed by atoms with E-state index >= 15 is 0 Å². The lowest BCUT2D eigenvalue weighted by molar-refractivity contribution is -0.140. The first-order valence-electron chi connectivity index (χ1n) is 6.35. The molecule has 0 unspecified atom stereocenters. The molecule has 0 aromatic carbocycles. The fraction of sp³-hybridized carbons (Fsp3) is 0.500. The van der Waals surface area contributed by atoms with Crippen molar-refractivity contribution in [3.8, 4) is 0 Å². The lowest BCUT2D eigenvalue weighted by Gasteiger charge is -2.14. The number of nitrogens with zero attached hydrogens (tertiary/aromatic N) is 1. The Kier molecular flexibility index (Phi) is 7.16. The largest absolute Gasteiger partial charge is 0.481 e. The van der Waals surface area contributed by atoms with Gasteiger partial charge in [-0.05, 0) is 12.8 Å². The number of carbonyl (C=O) groups excluding carboxylic acids is 1. The second-order valence-electron chi connectivity index (χ2n) is 4.31. The average Bonchev–Trinajstić information content (AvgIpc) is 2.90. The fourth-order valence-corrected chi connectivity index (χ4v) is 2.18. The summed E-state index contributed by atoms with van der Waals surface area (Å²) in [5, 5.41) is 24.2. The van der Waals surface area contributed by atoms with Crippen LogP contribution in [0.1, 0.15) is 25.0 Å². The Balaban J connectivity index is 2.27. The third kappa shape index (κ3) is 7.25. The van der Waals surface area contributed by atoms with Gasteiger partial charge in [-0.2, -0.15) is 0 Å². The SMILES string of the molecule is O=C(O)CCC[C@@H](NC(=O)NCCc1cscn1)C(=O)O. The van der Waals surface area contributed by atoms with Crippen LogP contribution >= 0.6 is 11.3 Å². The topological polar surface area (TPSA) is 129 Å². The number of carbonyl (C=O) groups is 3. The predicted octanol–water partition coefficient (Wildman–Crippen LogP) is 0.693. The van der Waals surface area contributed by atoms with Crippen LogP contribution in [0.4, 0.5) is 4.79 Å². The number of aliphatic carboxylic acids is 2. The van der Waals surface area contributed by atoms with Gasteiger partial charge in [0.2, 0.25) is 0 Å². The van der Waals surface area contributed by atoms with Gasteiger partial charge in [-0.1, -0.05) is 0 Å². The molecule has 0 aliphatic heterocycles. The van der Waals surface area contributed by atoms with Crippen molar-refractivity contribution in [3.63, 3.8) is 0 Å². The van der Waals surface area contributed by atoms with Gasteiger partial charge in [0.25, 0.3) is 0 Å². The van der Waals surface area contributed by atoms with Crippen molar-refractivity contribution in [1.82, 2.24) is 15.6 Å². The summed E-state index contributed by atoms with van der Waals surface area (Å²) in [6, 6.07) is -1.68. The van der Waals surface area contributed by atoms with Crippen LogP contribution in [0.2, 0.25) is 0 Å². The molecule has 1 rings (SSSR count). The molecule has 0 fully saturated rings. The summed E-state index contributed by atoms with van der Waals surface area (Å²) in [5.74, 6) is -2.18. The van der Waals surface area contributed by atoms with Crippen molar-refractivity contribution in [1.29, 1.82) is 0 Å². The van der Waals surface area contributed by atoms with E-state index in [1.807, 2.05) is 5.38 Å². The van der Waals surface area contributed by atoms with Crippen LogP contribution in [-0.4, -0.2) is 45.8 Å². The molecule has 4 N–H and O–H groups in total. The molecule has 9 heteroatoms. The first-order chi connectivity index (χ1) is 9.99. The van der Waals surface area contributed by atoms with Gasteiger partial charge in [-0.25, -0.2) is 14.6 Å². The van der Waals surface area contributed by atoms with Gasteiger partial charge >= 0.3 is 18.0 Å². The first kappa shape index (κ1) is 16.9. The molecule has 2 amide bonds. The molecule has 0 bridgehead atoms. The van der Waals surface area contributed by atoms with E-state index in [4.69, 9.17) is 10.2 Å². The van der Waals surface area contributed by atoms with Gasteiger partial charge in [0.1, 0.15) is 6.04 Å². The zero-order valence-electron chi connectivity index (χ0n) is 11.2. The third-order valence-electron chi connectivity index (χ3n) is 2.64. The van der Waals surface area contributed by atoms with E-state index in [1.54, 1.807) is 5.51 Å². The minimum atomic E-state index is -1.19. The van der Waals surface area contributed by atoms with Gasteiger partial charge < -0.3 is 20.8 Å². The van der Waals surface area contributed by atoms with Gasteiger partial charge in [0, 0.05) is 24.8 Å². The first-order valence-corrected chi connectivity index (χ1v) is 7.29. The Hall–Kier alpha value is -2.16. The summed E-state index contributed by atoms with van der Waals surface area (Å²) in [4.78, 5) is 37.0. The summed E-state index contributed by atoms with van der Waals surface area (Å²) in [6.45, 7) is 0.344. The lowest BCUT2D eigenvalue weighted by atomic mass is 10.1. The van der Waals surface area contributed by atoms with Crippen LogP contribution in [0.25, 0.3) is 0 Å². The molecule has 0 saturated carbocycles. The van der Waals surface area contributed by atoms with E-state index in [-0.39, 0.29) is 19.3 Å². The molecule has 0 aliphatic rings. The van der Waals surface area contributed by atoms with Gasteiger partial charge in [-0.3, -0.25) is 4.79 Å². The van der Waals surface area contributed by atoms with Crippen molar-refractivity contribution in [3.05, 3.63) is 16.6 Å². The van der Waals surface area contributed by atoms with E-state index in [9.17, 15) is 14.4 Å². The van der Waals surface area contributed by atoms with Crippen LogP contribution in [0.3, 0.4) is 0 Å². The maximum Gasteiger partial charge on any atom is 0.326 e. The molecule has 116 valence electrons. The Morgan fingerprint density at radius 1 is 1.33 bits per heavy atom. The van der Waals surface area contributed by atoms with Crippen molar-refractivity contribution >= 4 is 29.3 Å². The minimum Gasteiger partial charge on any atom is -0.481 e. The number of nitrogens with one attached hydrogen (secondary N) is 2. The summed E-state index contributed by atoms with van der Waals surface area (Å²) in [5.41, 5.74) is 2.55.